The van der Waals surface area contributed by atoms with Crippen LogP contribution in [0.15, 0.2) is 24.3 Å². The summed E-state index contributed by atoms with van der Waals surface area (Å²) in [6.07, 6.45) is 7.44. The Morgan fingerprint density at radius 1 is 1.07 bits per heavy atom. The number of aromatic nitrogens is 1. The Balaban J connectivity index is 1.49. The summed E-state index contributed by atoms with van der Waals surface area (Å²) in [5.41, 5.74) is 0.893. The van der Waals surface area contributed by atoms with Crippen molar-refractivity contribution in [3.05, 3.63) is 24.3 Å². The molecule has 1 aromatic heterocycles. The Labute approximate surface area is 165 Å². The fourth-order valence-electron chi connectivity index (χ4n) is 6.22. The monoisotopic (exact) mass is 383 g/mol. The van der Waals surface area contributed by atoms with E-state index in [9.17, 15) is 4.79 Å². The Morgan fingerprint density at radius 2 is 1.70 bits per heavy atom. The molecule has 0 radical (unpaired) electrons. The first-order chi connectivity index (χ1) is 13.0. The molecule has 0 unspecified atom stereocenters. The highest BCUT2D eigenvalue weighted by atomic mass is 32.1. The lowest BCUT2D eigenvalue weighted by Crippen LogP contribution is -2.55. The van der Waals surface area contributed by atoms with E-state index in [0.29, 0.717) is 5.91 Å². The average molecular weight is 384 g/mol. The highest BCUT2D eigenvalue weighted by Crippen LogP contribution is 2.60. The molecule has 5 heteroatoms. The van der Waals surface area contributed by atoms with Crippen molar-refractivity contribution < 1.29 is 4.79 Å². The summed E-state index contributed by atoms with van der Waals surface area (Å²) in [6, 6.07) is 8.23. The van der Waals surface area contributed by atoms with Gasteiger partial charge in [-0.3, -0.25) is 9.69 Å². The second-order valence-electron chi connectivity index (χ2n) is 9.42. The number of hydrogen-bond acceptors (Lipinski definition) is 4. The lowest BCUT2D eigenvalue weighted by atomic mass is 9.49. The van der Waals surface area contributed by atoms with Gasteiger partial charge in [0.15, 0.2) is 5.13 Å². The van der Waals surface area contributed by atoms with Gasteiger partial charge in [0.1, 0.15) is 0 Å². The number of fused-ring (bicyclic) bond motifs is 1. The third kappa shape index (κ3) is 3.09. The summed E-state index contributed by atoms with van der Waals surface area (Å²) in [6.45, 7) is 1.60. The molecule has 4 saturated carbocycles. The number of thiazole rings is 1. The van der Waals surface area contributed by atoms with E-state index in [0.717, 1.165) is 60.8 Å². The molecule has 6 rings (SSSR count). The zero-order valence-corrected chi connectivity index (χ0v) is 17.2. The summed E-state index contributed by atoms with van der Waals surface area (Å²) >= 11 is 1.66. The molecule has 1 amide bonds. The van der Waals surface area contributed by atoms with E-state index >= 15 is 0 Å². The van der Waals surface area contributed by atoms with Crippen molar-refractivity contribution in [1.29, 1.82) is 0 Å². The van der Waals surface area contributed by atoms with Crippen molar-refractivity contribution in [2.75, 3.05) is 32.1 Å². The van der Waals surface area contributed by atoms with Gasteiger partial charge < -0.3 is 4.90 Å². The normalized spacial score (nSPS) is 31.7. The van der Waals surface area contributed by atoms with Gasteiger partial charge >= 0.3 is 0 Å². The van der Waals surface area contributed by atoms with Gasteiger partial charge in [-0.15, -0.1) is 0 Å². The fourth-order valence-corrected chi connectivity index (χ4v) is 7.21. The van der Waals surface area contributed by atoms with Gasteiger partial charge in [-0.2, -0.15) is 0 Å². The molecule has 4 aliphatic carbocycles. The van der Waals surface area contributed by atoms with E-state index in [1.54, 1.807) is 11.3 Å². The molecular weight excluding hydrogens is 354 g/mol. The standard InChI is InChI=1S/C22H29N3OS/c1-24(2)7-8-25(21-23-18-5-3-4-6-19(18)27-21)20(26)22-12-15-9-16(13-22)11-17(10-15)14-22/h3-6,15-17H,7-14H2,1-2H3. The van der Waals surface area contributed by atoms with E-state index in [-0.39, 0.29) is 5.41 Å². The molecule has 1 aromatic carbocycles. The fraction of sp³-hybridized carbons (Fsp3) is 0.636. The highest BCUT2D eigenvalue weighted by molar-refractivity contribution is 7.22. The largest absolute Gasteiger partial charge is 0.308 e. The second-order valence-corrected chi connectivity index (χ2v) is 10.4. The van der Waals surface area contributed by atoms with Crippen LogP contribution in [0, 0.1) is 23.2 Å². The summed E-state index contributed by atoms with van der Waals surface area (Å²) < 4.78 is 1.17. The number of hydrogen-bond donors (Lipinski definition) is 0. The lowest BCUT2D eigenvalue weighted by Gasteiger charge is -2.56. The number of anilines is 1. The Morgan fingerprint density at radius 3 is 2.30 bits per heavy atom. The summed E-state index contributed by atoms with van der Waals surface area (Å²) in [5, 5.41) is 0.888. The Kier molecular flexibility index (Phi) is 4.28. The number of nitrogens with zero attached hydrogens (tertiary/aromatic N) is 3. The van der Waals surface area contributed by atoms with Gasteiger partial charge in [0.25, 0.3) is 0 Å². The summed E-state index contributed by atoms with van der Waals surface area (Å²) in [5.74, 6) is 2.71. The Hall–Kier alpha value is -1.46. The number of likely N-dealkylation sites (N-methyl/N-ethyl adjacent to an activating group) is 1. The number of amides is 1. The van der Waals surface area contributed by atoms with Gasteiger partial charge in [-0.05, 0) is 82.5 Å². The van der Waals surface area contributed by atoms with Crippen LogP contribution < -0.4 is 4.90 Å². The highest BCUT2D eigenvalue weighted by Gasteiger charge is 2.55. The minimum atomic E-state index is -0.112. The van der Waals surface area contributed by atoms with Crippen LogP contribution in [0.2, 0.25) is 0 Å². The maximum absolute atomic E-state index is 14.0. The van der Waals surface area contributed by atoms with Crippen molar-refractivity contribution in [3.8, 4) is 0 Å². The molecule has 144 valence electrons. The van der Waals surface area contributed by atoms with Gasteiger partial charge in [0.05, 0.1) is 15.6 Å². The van der Waals surface area contributed by atoms with E-state index in [4.69, 9.17) is 4.98 Å². The topological polar surface area (TPSA) is 36.4 Å². The number of carbonyl (C=O) groups excluding carboxylic acids is 1. The number of benzene rings is 1. The van der Waals surface area contributed by atoms with Crippen LogP contribution in [0.4, 0.5) is 5.13 Å². The first-order valence-electron chi connectivity index (χ1n) is 10.3. The maximum atomic E-state index is 14.0. The van der Waals surface area contributed by atoms with Crippen LogP contribution in [-0.2, 0) is 4.79 Å². The van der Waals surface area contributed by atoms with E-state index in [2.05, 4.69) is 37.2 Å². The Bertz CT molecular complexity index is 790. The zero-order valence-electron chi connectivity index (χ0n) is 16.4. The van der Waals surface area contributed by atoms with Crippen LogP contribution in [0.1, 0.15) is 38.5 Å². The molecule has 0 N–H and O–H groups in total. The number of carbonyl (C=O) groups is 1. The molecular formula is C22H29N3OS. The van der Waals surface area contributed by atoms with Crippen molar-refractivity contribution in [3.63, 3.8) is 0 Å². The third-order valence-corrected chi connectivity index (χ3v) is 8.08. The minimum Gasteiger partial charge on any atom is -0.308 e. The second kappa shape index (κ2) is 6.56. The molecule has 1 heterocycles. The third-order valence-electron chi connectivity index (χ3n) is 7.02. The van der Waals surface area contributed by atoms with E-state index in [1.807, 2.05) is 11.0 Å². The van der Waals surface area contributed by atoms with Gasteiger partial charge in [-0.25, -0.2) is 4.98 Å². The molecule has 27 heavy (non-hydrogen) atoms. The van der Waals surface area contributed by atoms with Crippen LogP contribution >= 0.6 is 11.3 Å². The summed E-state index contributed by atoms with van der Waals surface area (Å²) in [4.78, 5) is 23.0. The maximum Gasteiger partial charge on any atom is 0.235 e. The predicted octanol–water partition coefficient (Wildman–Crippen LogP) is 4.41. The molecule has 2 aromatic rings. The van der Waals surface area contributed by atoms with Crippen LogP contribution in [0.25, 0.3) is 10.2 Å². The lowest BCUT2D eigenvalue weighted by molar-refractivity contribution is -0.143. The molecule has 4 nitrogen and oxygen atoms in total. The molecule has 0 aliphatic heterocycles. The van der Waals surface area contributed by atoms with Gasteiger partial charge in [0, 0.05) is 13.1 Å². The molecule has 4 bridgehead atoms. The first-order valence-corrected chi connectivity index (χ1v) is 11.2. The molecule has 4 aliphatic rings. The summed E-state index contributed by atoms with van der Waals surface area (Å²) in [7, 11) is 4.15. The quantitative estimate of drug-likeness (QED) is 0.767. The molecule has 0 saturated heterocycles. The first kappa shape index (κ1) is 17.6. The number of para-hydroxylation sites is 1. The van der Waals surface area contributed by atoms with Gasteiger partial charge in [-0.1, -0.05) is 23.5 Å². The molecule has 0 spiro atoms. The molecule has 4 fully saturated rings. The van der Waals surface area contributed by atoms with Gasteiger partial charge in [0.2, 0.25) is 5.91 Å². The average Bonchev–Trinajstić information content (AvgIpc) is 3.04. The number of rotatable bonds is 5. The molecule has 0 atom stereocenters. The van der Waals surface area contributed by atoms with E-state index < -0.39 is 0 Å². The minimum absolute atomic E-state index is 0.112. The predicted molar refractivity (Wildman–Crippen MR) is 111 cm³/mol. The van der Waals surface area contributed by atoms with Crippen molar-refractivity contribution in [1.82, 2.24) is 9.88 Å². The van der Waals surface area contributed by atoms with Crippen LogP contribution in [0.5, 0.6) is 0 Å². The van der Waals surface area contributed by atoms with Crippen molar-refractivity contribution in [2.24, 2.45) is 23.2 Å². The van der Waals surface area contributed by atoms with E-state index in [1.165, 1.54) is 24.0 Å². The van der Waals surface area contributed by atoms with Crippen LogP contribution in [0.3, 0.4) is 0 Å². The van der Waals surface area contributed by atoms with Crippen molar-refractivity contribution >= 4 is 32.6 Å². The SMILES string of the molecule is CN(C)CCN(C(=O)C12CC3CC(CC(C3)C1)C2)c1nc2ccccc2s1. The zero-order chi connectivity index (χ0) is 18.6. The smallest absolute Gasteiger partial charge is 0.235 e. The van der Waals surface area contributed by atoms with Crippen molar-refractivity contribution in [2.45, 2.75) is 38.5 Å². The van der Waals surface area contributed by atoms with Crippen LogP contribution in [-0.4, -0.2) is 43.0 Å².